The summed E-state index contributed by atoms with van der Waals surface area (Å²) >= 11 is 0. The first-order valence-corrected chi connectivity index (χ1v) is 4.69. The molecule has 1 rings (SSSR count). The second-order valence-corrected chi connectivity index (χ2v) is 3.63. The third kappa shape index (κ3) is 3.73. The summed E-state index contributed by atoms with van der Waals surface area (Å²) in [7, 11) is 1.51. The monoisotopic (exact) mass is 215 g/mol. The molecule has 0 aliphatic rings. The number of hydrogen-bond donors (Lipinski definition) is 1. The number of ether oxygens (including phenoxy) is 1. The van der Waals surface area contributed by atoms with Crippen LogP contribution < -0.4 is 10.1 Å². The molecule has 84 valence electrons. The highest BCUT2D eigenvalue weighted by Gasteiger charge is 2.20. The maximum absolute atomic E-state index is 12.6. The van der Waals surface area contributed by atoms with Gasteiger partial charge in [-0.1, -0.05) is 6.07 Å². The molecule has 0 radical (unpaired) electrons. The highest BCUT2D eigenvalue weighted by molar-refractivity contribution is 5.58. The molecule has 2 nitrogen and oxygen atoms in total. The largest absolute Gasteiger partial charge is 0.495 e. The molecule has 0 aromatic heterocycles. The van der Waals surface area contributed by atoms with Crippen molar-refractivity contribution in [3.8, 4) is 5.75 Å². The van der Waals surface area contributed by atoms with Gasteiger partial charge in [-0.05, 0) is 24.6 Å². The summed E-state index contributed by atoms with van der Waals surface area (Å²) in [5.74, 6) is -2.15. The van der Waals surface area contributed by atoms with Crippen molar-refractivity contribution in [2.75, 3.05) is 19.0 Å². The number of rotatable bonds is 4. The Morgan fingerprint density at radius 3 is 2.60 bits per heavy atom. The maximum atomic E-state index is 12.6. The van der Waals surface area contributed by atoms with Crippen molar-refractivity contribution < 1.29 is 13.5 Å². The third-order valence-corrected chi connectivity index (χ3v) is 1.94. The SMILES string of the molecule is COc1ccc(C)cc1NCC(C)(F)F. The first-order chi connectivity index (χ1) is 6.92. The number of benzene rings is 1. The van der Waals surface area contributed by atoms with Gasteiger partial charge >= 0.3 is 0 Å². The van der Waals surface area contributed by atoms with Crippen LogP contribution in [0.5, 0.6) is 5.75 Å². The van der Waals surface area contributed by atoms with Crippen molar-refractivity contribution >= 4 is 5.69 Å². The number of anilines is 1. The van der Waals surface area contributed by atoms with Crippen LogP contribution in [0.15, 0.2) is 18.2 Å². The van der Waals surface area contributed by atoms with Crippen LogP contribution in [0.25, 0.3) is 0 Å². The molecule has 15 heavy (non-hydrogen) atoms. The lowest BCUT2D eigenvalue weighted by atomic mass is 10.2. The van der Waals surface area contributed by atoms with Gasteiger partial charge in [0.05, 0.1) is 19.3 Å². The molecular weight excluding hydrogens is 200 g/mol. The molecule has 0 aliphatic heterocycles. The normalized spacial score (nSPS) is 11.3. The van der Waals surface area contributed by atoms with Gasteiger partial charge < -0.3 is 10.1 Å². The summed E-state index contributed by atoms with van der Waals surface area (Å²) in [5.41, 5.74) is 1.59. The molecule has 0 bridgehead atoms. The van der Waals surface area contributed by atoms with Crippen LogP contribution in [0, 0.1) is 6.92 Å². The Kier molecular flexibility index (Phi) is 3.50. The molecule has 0 amide bonds. The predicted octanol–water partition coefficient (Wildman–Crippen LogP) is 3.07. The molecule has 0 spiro atoms. The van der Waals surface area contributed by atoms with Crippen LogP contribution in [0.3, 0.4) is 0 Å². The van der Waals surface area contributed by atoms with Gasteiger partial charge in [0.2, 0.25) is 0 Å². The smallest absolute Gasteiger partial charge is 0.262 e. The topological polar surface area (TPSA) is 21.3 Å². The highest BCUT2D eigenvalue weighted by atomic mass is 19.3. The highest BCUT2D eigenvalue weighted by Crippen LogP contribution is 2.26. The quantitative estimate of drug-likeness (QED) is 0.833. The zero-order chi connectivity index (χ0) is 11.5. The number of halogens is 2. The summed E-state index contributed by atoms with van der Waals surface area (Å²) in [4.78, 5) is 0. The molecular formula is C11H15F2NO. The van der Waals surface area contributed by atoms with E-state index in [1.54, 1.807) is 12.1 Å². The van der Waals surface area contributed by atoms with Crippen molar-refractivity contribution in [3.63, 3.8) is 0 Å². The van der Waals surface area contributed by atoms with Gasteiger partial charge in [-0.15, -0.1) is 0 Å². The van der Waals surface area contributed by atoms with Gasteiger partial charge in [-0.3, -0.25) is 0 Å². The zero-order valence-electron chi connectivity index (χ0n) is 9.10. The Morgan fingerprint density at radius 2 is 2.07 bits per heavy atom. The third-order valence-electron chi connectivity index (χ3n) is 1.94. The Bertz CT molecular complexity index is 334. The average molecular weight is 215 g/mol. The van der Waals surface area contributed by atoms with Crippen LogP contribution in [-0.4, -0.2) is 19.6 Å². The summed E-state index contributed by atoms with van der Waals surface area (Å²) in [6.45, 7) is 2.38. The van der Waals surface area contributed by atoms with Gasteiger partial charge in [-0.2, -0.15) is 0 Å². The van der Waals surface area contributed by atoms with E-state index in [1.807, 2.05) is 13.0 Å². The lowest BCUT2D eigenvalue weighted by Crippen LogP contribution is -2.23. The van der Waals surface area contributed by atoms with Gasteiger partial charge in [-0.25, -0.2) is 8.78 Å². The number of hydrogen-bond acceptors (Lipinski definition) is 2. The van der Waals surface area contributed by atoms with Crippen molar-refractivity contribution in [2.45, 2.75) is 19.8 Å². The van der Waals surface area contributed by atoms with E-state index >= 15 is 0 Å². The van der Waals surface area contributed by atoms with Crippen LogP contribution in [0.4, 0.5) is 14.5 Å². The molecule has 0 saturated heterocycles. The summed E-state index contributed by atoms with van der Waals surface area (Å²) < 4.78 is 30.3. The molecule has 0 fully saturated rings. The fraction of sp³-hybridized carbons (Fsp3) is 0.455. The first kappa shape index (κ1) is 11.8. The summed E-state index contributed by atoms with van der Waals surface area (Å²) in [5, 5.41) is 2.67. The van der Waals surface area contributed by atoms with E-state index in [0.717, 1.165) is 12.5 Å². The fourth-order valence-electron chi connectivity index (χ4n) is 1.21. The maximum Gasteiger partial charge on any atom is 0.262 e. The van der Waals surface area contributed by atoms with E-state index in [1.165, 1.54) is 7.11 Å². The van der Waals surface area contributed by atoms with E-state index in [9.17, 15) is 8.78 Å². The average Bonchev–Trinajstić information content (AvgIpc) is 2.14. The fourth-order valence-corrected chi connectivity index (χ4v) is 1.21. The van der Waals surface area contributed by atoms with Crippen LogP contribution in [0.1, 0.15) is 12.5 Å². The van der Waals surface area contributed by atoms with E-state index < -0.39 is 12.5 Å². The van der Waals surface area contributed by atoms with Crippen LogP contribution in [0.2, 0.25) is 0 Å². The molecule has 0 aliphatic carbocycles. The van der Waals surface area contributed by atoms with Gasteiger partial charge in [0.1, 0.15) is 5.75 Å². The number of alkyl halides is 2. The van der Waals surface area contributed by atoms with Gasteiger partial charge in [0.15, 0.2) is 0 Å². The standard InChI is InChI=1S/C11H15F2NO/c1-8-4-5-10(15-3)9(6-8)14-7-11(2,12)13/h4-6,14H,7H2,1-3H3. The number of methoxy groups -OCH3 is 1. The molecule has 4 heteroatoms. The zero-order valence-corrected chi connectivity index (χ0v) is 9.10. The first-order valence-electron chi connectivity index (χ1n) is 4.69. The van der Waals surface area contributed by atoms with Crippen molar-refractivity contribution in [3.05, 3.63) is 23.8 Å². The Hall–Kier alpha value is -1.32. The Labute approximate surface area is 88.3 Å². The molecule has 0 saturated carbocycles. The minimum absolute atomic E-state index is 0.396. The lowest BCUT2D eigenvalue weighted by Gasteiger charge is -2.15. The molecule has 1 aromatic carbocycles. The van der Waals surface area contributed by atoms with Crippen molar-refractivity contribution in [2.24, 2.45) is 0 Å². The second-order valence-electron chi connectivity index (χ2n) is 3.63. The van der Waals surface area contributed by atoms with E-state index in [2.05, 4.69) is 5.32 Å². The predicted molar refractivity (Wildman–Crippen MR) is 56.8 cm³/mol. The second kappa shape index (κ2) is 4.47. The van der Waals surface area contributed by atoms with Crippen molar-refractivity contribution in [1.29, 1.82) is 0 Å². The van der Waals surface area contributed by atoms with Gasteiger partial charge in [0, 0.05) is 6.92 Å². The molecule has 0 unspecified atom stereocenters. The molecule has 1 aromatic rings. The molecule has 1 N–H and O–H groups in total. The number of nitrogens with one attached hydrogen (secondary N) is 1. The minimum Gasteiger partial charge on any atom is -0.495 e. The molecule has 0 heterocycles. The molecule has 0 atom stereocenters. The van der Waals surface area contributed by atoms with Crippen LogP contribution >= 0.6 is 0 Å². The lowest BCUT2D eigenvalue weighted by molar-refractivity contribution is 0.0367. The minimum atomic E-state index is -2.73. The number of aryl methyl sites for hydroxylation is 1. The van der Waals surface area contributed by atoms with E-state index in [4.69, 9.17) is 4.74 Å². The van der Waals surface area contributed by atoms with Crippen LogP contribution in [-0.2, 0) is 0 Å². The summed E-state index contributed by atoms with van der Waals surface area (Å²) in [6, 6.07) is 5.41. The van der Waals surface area contributed by atoms with Gasteiger partial charge in [0.25, 0.3) is 5.92 Å². The Morgan fingerprint density at radius 1 is 1.40 bits per heavy atom. The van der Waals surface area contributed by atoms with Crippen molar-refractivity contribution in [1.82, 2.24) is 0 Å². The van der Waals surface area contributed by atoms with E-state index in [0.29, 0.717) is 11.4 Å². The summed E-state index contributed by atoms with van der Waals surface area (Å²) in [6.07, 6.45) is 0. The Balaban J connectivity index is 2.79. The van der Waals surface area contributed by atoms with E-state index in [-0.39, 0.29) is 0 Å².